The van der Waals surface area contributed by atoms with Crippen molar-refractivity contribution in [3.05, 3.63) is 17.8 Å². The second-order valence-electron chi connectivity index (χ2n) is 4.12. The Bertz CT molecular complexity index is 511. The lowest BCUT2D eigenvalue weighted by Gasteiger charge is -2.26. The van der Waals surface area contributed by atoms with Crippen LogP contribution < -0.4 is 0 Å². The molecule has 4 nitrogen and oxygen atoms in total. The number of ether oxygens (including phenoxy) is 1. The summed E-state index contributed by atoms with van der Waals surface area (Å²) in [5.74, 6) is 1.07. The zero-order valence-corrected chi connectivity index (χ0v) is 11.7. The van der Waals surface area contributed by atoms with Gasteiger partial charge in [-0.25, -0.2) is 9.97 Å². The Labute approximate surface area is 114 Å². The fraction of sp³-hybridized carbons (Fsp3) is 0.500. The first kappa shape index (κ1) is 12.3. The standard InChI is InChI=1S/C12H15N3OS2/c1-7-17-11-10(1)13-9-14-12(11)18-8-4-15-2-5-16-6-3-15/h1,7,9H,2-6,8H2. The van der Waals surface area contributed by atoms with Gasteiger partial charge in [0, 0.05) is 25.4 Å². The average Bonchev–Trinajstić information content (AvgIpc) is 2.89. The van der Waals surface area contributed by atoms with Gasteiger partial charge in [-0.15, -0.1) is 23.1 Å². The number of nitrogens with zero attached hydrogens (tertiary/aromatic N) is 3. The molecule has 0 saturated carbocycles. The lowest BCUT2D eigenvalue weighted by atomic mass is 10.4. The molecule has 2 aromatic rings. The van der Waals surface area contributed by atoms with E-state index in [4.69, 9.17) is 4.74 Å². The molecule has 0 amide bonds. The molecule has 0 atom stereocenters. The molecular weight excluding hydrogens is 266 g/mol. The molecule has 6 heteroatoms. The third kappa shape index (κ3) is 2.83. The molecule has 96 valence electrons. The zero-order chi connectivity index (χ0) is 12.2. The van der Waals surface area contributed by atoms with Crippen molar-refractivity contribution in [2.75, 3.05) is 38.6 Å². The molecule has 0 spiro atoms. The molecule has 0 radical (unpaired) electrons. The van der Waals surface area contributed by atoms with Crippen LogP contribution in [0, 0.1) is 0 Å². The Morgan fingerprint density at radius 3 is 3.11 bits per heavy atom. The Balaban J connectivity index is 1.57. The van der Waals surface area contributed by atoms with Crippen LogP contribution in [-0.4, -0.2) is 53.5 Å². The largest absolute Gasteiger partial charge is 0.379 e. The minimum atomic E-state index is 0.868. The second kappa shape index (κ2) is 5.97. The normalized spacial score (nSPS) is 17.3. The summed E-state index contributed by atoms with van der Waals surface area (Å²) in [6.45, 7) is 4.95. The molecule has 0 aromatic carbocycles. The van der Waals surface area contributed by atoms with Crippen molar-refractivity contribution in [2.45, 2.75) is 5.03 Å². The summed E-state index contributed by atoms with van der Waals surface area (Å²) in [7, 11) is 0. The molecule has 0 bridgehead atoms. The third-order valence-electron chi connectivity index (χ3n) is 2.96. The van der Waals surface area contributed by atoms with Crippen LogP contribution in [0.2, 0.25) is 0 Å². The monoisotopic (exact) mass is 281 g/mol. The molecule has 0 aliphatic carbocycles. The molecule has 1 aliphatic rings. The zero-order valence-electron chi connectivity index (χ0n) is 10.0. The van der Waals surface area contributed by atoms with E-state index in [1.54, 1.807) is 17.7 Å². The van der Waals surface area contributed by atoms with Crippen molar-refractivity contribution in [1.82, 2.24) is 14.9 Å². The van der Waals surface area contributed by atoms with Crippen LogP contribution in [-0.2, 0) is 4.74 Å². The summed E-state index contributed by atoms with van der Waals surface area (Å²) in [6, 6.07) is 2.05. The Morgan fingerprint density at radius 1 is 1.33 bits per heavy atom. The third-order valence-corrected chi connectivity index (χ3v) is 4.97. The van der Waals surface area contributed by atoms with Crippen LogP contribution >= 0.6 is 23.1 Å². The van der Waals surface area contributed by atoms with E-state index in [0.717, 1.165) is 49.1 Å². The quantitative estimate of drug-likeness (QED) is 0.634. The van der Waals surface area contributed by atoms with Crippen LogP contribution in [0.3, 0.4) is 0 Å². The number of hydrogen-bond acceptors (Lipinski definition) is 6. The van der Waals surface area contributed by atoms with Gasteiger partial charge in [0.15, 0.2) is 0 Å². The van der Waals surface area contributed by atoms with Gasteiger partial charge in [-0.1, -0.05) is 0 Å². The van der Waals surface area contributed by atoms with Gasteiger partial charge in [-0.3, -0.25) is 4.90 Å². The Morgan fingerprint density at radius 2 is 2.22 bits per heavy atom. The summed E-state index contributed by atoms with van der Waals surface area (Å²) in [5.41, 5.74) is 1.06. The van der Waals surface area contributed by atoms with E-state index in [1.807, 2.05) is 17.8 Å². The first-order chi connectivity index (χ1) is 8.93. The minimum Gasteiger partial charge on any atom is -0.379 e. The fourth-order valence-corrected chi connectivity index (χ4v) is 3.91. The molecule has 3 rings (SSSR count). The number of morpholine rings is 1. The molecule has 2 aromatic heterocycles. The van der Waals surface area contributed by atoms with E-state index in [0.29, 0.717) is 0 Å². The fourth-order valence-electron chi connectivity index (χ4n) is 1.97. The smallest absolute Gasteiger partial charge is 0.117 e. The van der Waals surface area contributed by atoms with Crippen LogP contribution in [0.25, 0.3) is 10.2 Å². The summed E-state index contributed by atoms with van der Waals surface area (Å²) in [5, 5.41) is 3.19. The lowest BCUT2D eigenvalue weighted by Crippen LogP contribution is -2.37. The number of aromatic nitrogens is 2. The number of fused-ring (bicyclic) bond motifs is 1. The SMILES string of the molecule is c1nc(SCCN2CCOCC2)c2sccc2n1. The van der Waals surface area contributed by atoms with Gasteiger partial charge >= 0.3 is 0 Å². The molecule has 1 aliphatic heterocycles. The van der Waals surface area contributed by atoms with E-state index in [2.05, 4.69) is 20.2 Å². The molecule has 1 fully saturated rings. The molecule has 3 heterocycles. The van der Waals surface area contributed by atoms with Crippen LogP contribution in [0.15, 0.2) is 22.8 Å². The highest BCUT2D eigenvalue weighted by Gasteiger charge is 2.11. The number of hydrogen-bond donors (Lipinski definition) is 0. The highest BCUT2D eigenvalue weighted by Crippen LogP contribution is 2.28. The summed E-state index contributed by atoms with van der Waals surface area (Å²) >= 11 is 3.55. The maximum Gasteiger partial charge on any atom is 0.117 e. The van der Waals surface area contributed by atoms with Gasteiger partial charge in [-0.05, 0) is 11.4 Å². The summed E-state index contributed by atoms with van der Waals surface area (Å²) < 4.78 is 6.56. The molecule has 0 N–H and O–H groups in total. The van der Waals surface area contributed by atoms with Crippen LogP contribution in [0.1, 0.15) is 0 Å². The number of thiophene rings is 1. The highest BCUT2D eigenvalue weighted by molar-refractivity contribution is 7.99. The van der Waals surface area contributed by atoms with Crippen molar-refractivity contribution in [1.29, 1.82) is 0 Å². The van der Waals surface area contributed by atoms with E-state index >= 15 is 0 Å². The lowest BCUT2D eigenvalue weighted by molar-refractivity contribution is 0.0410. The first-order valence-corrected chi connectivity index (χ1v) is 7.91. The van der Waals surface area contributed by atoms with E-state index < -0.39 is 0 Å². The molecule has 0 unspecified atom stereocenters. The van der Waals surface area contributed by atoms with Gasteiger partial charge in [0.05, 0.1) is 23.4 Å². The van der Waals surface area contributed by atoms with Crippen molar-refractivity contribution in [2.24, 2.45) is 0 Å². The molecule has 18 heavy (non-hydrogen) atoms. The average molecular weight is 281 g/mol. The highest BCUT2D eigenvalue weighted by atomic mass is 32.2. The maximum absolute atomic E-state index is 5.34. The molecular formula is C12H15N3OS2. The summed E-state index contributed by atoms with van der Waals surface area (Å²) in [6.07, 6.45) is 1.66. The number of thioether (sulfide) groups is 1. The van der Waals surface area contributed by atoms with Gasteiger partial charge < -0.3 is 4.74 Å². The Kier molecular flexibility index (Phi) is 4.09. The van der Waals surface area contributed by atoms with E-state index in [-0.39, 0.29) is 0 Å². The predicted octanol–water partition coefficient (Wildman–Crippen LogP) is 2.12. The second-order valence-corrected chi connectivity index (χ2v) is 6.12. The van der Waals surface area contributed by atoms with Gasteiger partial charge in [0.2, 0.25) is 0 Å². The van der Waals surface area contributed by atoms with Gasteiger partial charge in [0.1, 0.15) is 11.4 Å². The van der Waals surface area contributed by atoms with E-state index in [9.17, 15) is 0 Å². The van der Waals surface area contributed by atoms with E-state index in [1.165, 1.54) is 4.70 Å². The van der Waals surface area contributed by atoms with Crippen molar-refractivity contribution in [3.8, 4) is 0 Å². The van der Waals surface area contributed by atoms with Crippen molar-refractivity contribution in [3.63, 3.8) is 0 Å². The van der Waals surface area contributed by atoms with Crippen LogP contribution in [0.4, 0.5) is 0 Å². The molecule has 1 saturated heterocycles. The van der Waals surface area contributed by atoms with Gasteiger partial charge in [-0.2, -0.15) is 0 Å². The maximum atomic E-state index is 5.34. The number of rotatable bonds is 4. The van der Waals surface area contributed by atoms with Gasteiger partial charge in [0.25, 0.3) is 0 Å². The Hall–Kier alpha value is -0.690. The predicted molar refractivity (Wildman–Crippen MR) is 75.4 cm³/mol. The van der Waals surface area contributed by atoms with Crippen molar-refractivity contribution < 1.29 is 4.74 Å². The van der Waals surface area contributed by atoms with Crippen molar-refractivity contribution >= 4 is 33.3 Å². The topological polar surface area (TPSA) is 38.2 Å². The van der Waals surface area contributed by atoms with Crippen LogP contribution in [0.5, 0.6) is 0 Å². The first-order valence-electron chi connectivity index (χ1n) is 6.04. The summed E-state index contributed by atoms with van der Waals surface area (Å²) in [4.78, 5) is 11.1. The minimum absolute atomic E-state index is 0.868.